The highest BCUT2D eigenvalue weighted by molar-refractivity contribution is 5.81. The van der Waals surface area contributed by atoms with Gasteiger partial charge in [0.25, 0.3) is 12.1 Å². The van der Waals surface area contributed by atoms with Crippen molar-refractivity contribution < 1.29 is 22.4 Å². The number of benzene rings is 1. The molecule has 6 heteroatoms. The van der Waals surface area contributed by atoms with Crippen molar-refractivity contribution in [3.05, 3.63) is 35.4 Å². The Hall–Kier alpha value is -1.59. The molecule has 1 atom stereocenters. The minimum Gasteiger partial charge on any atom is -0.349 e. The zero-order valence-electron chi connectivity index (χ0n) is 9.01. The van der Waals surface area contributed by atoms with Gasteiger partial charge in [-0.05, 0) is 12.5 Å². The van der Waals surface area contributed by atoms with Crippen LogP contribution in [-0.4, -0.2) is 18.3 Å². The Bertz CT molecular complexity index is 385. The van der Waals surface area contributed by atoms with Crippen LogP contribution >= 0.6 is 0 Å². The fourth-order valence-corrected chi connectivity index (χ4v) is 1.13. The van der Waals surface area contributed by atoms with Crippen molar-refractivity contribution in [1.82, 2.24) is 5.32 Å². The monoisotopic (exact) mass is 249 g/mol. The van der Waals surface area contributed by atoms with Crippen LogP contribution in [0.25, 0.3) is 0 Å². The van der Waals surface area contributed by atoms with E-state index >= 15 is 0 Å². The van der Waals surface area contributed by atoms with Gasteiger partial charge >= 0.3 is 6.18 Å². The zero-order valence-corrected chi connectivity index (χ0v) is 9.01. The molecule has 17 heavy (non-hydrogen) atoms. The molecular formula is C11H11F4NO. The Labute approximate surface area is 95.6 Å². The van der Waals surface area contributed by atoms with Crippen LogP contribution in [0.2, 0.25) is 0 Å². The molecule has 0 aliphatic carbocycles. The molecule has 1 unspecified atom stereocenters. The Balaban J connectivity index is 2.51. The molecule has 0 aromatic heterocycles. The van der Waals surface area contributed by atoms with E-state index in [-0.39, 0.29) is 6.54 Å². The van der Waals surface area contributed by atoms with E-state index in [1.165, 1.54) is 0 Å². The summed E-state index contributed by atoms with van der Waals surface area (Å²) in [4.78, 5) is 10.8. The molecule has 0 fully saturated rings. The van der Waals surface area contributed by atoms with Gasteiger partial charge in [0.2, 0.25) is 0 Å². The lowest BCUT2D eigenvalue weighted by Gasteiger charge is -2.12. The van der Waals surface area contributed by atoms with Gasteiger partial charge in [-0.25, -0.2) is 4.39 Å². The maximum absolute atomic E-state index is 12.5. The lowest BCUT2D eigenvalue weighted by atomic mass is 10.1. The molecule has 0 spiro atoms. The Morgan fingerprint density at radius 2 is 1.82 bits per heavy atom. The van der Waals surface area contributed by atoms with Crippen molar-refractivity contribution in [2.45, 2.75) is 25.8 Å². The number of halogens is 4. The first kappa shape index (κ1) is 13.5. The van der Waals surface area contributed by atoms with E-state index in [0.29, 0.717) is 5.56 Å². The third-order valence-electron chi connectivity index (χ3n) is 2.10. The number of hydrogen-bond donors (Lipinski definition) is 1. The number of amides is 1. The first-order chi connectivity index (χ1) is 7.80. The van der Waals surface area contributed by atoms with E-state index in [1.807, 2.05) is 12.2 Å². The van der Waals surface area contributed by atoms with Crippen molar-refractivity contribution in [2.24, 2.45) is 0 Å². The Morgan fingerprint density at radius 1 is 1.29 bits per heavy atom. The molecule has 0 radical (unpaired) electrons. The molecule has 0 bridgehead atoms. The average molecular weight is 249 g/mol. The van der Waals surface area contributed by atoms with Crippen molar-refractivity contribution in [3.63, 3.8) is 0 Å². The van der Waals surface area contributed by atoms with E-state index in [9.17, 15) is 22.4 Å². The van der Waals surface area contributed by atoms with Crippen LogP contribution < -0.4 is 5.32 Å². The molecule has 0 heterocycles. The van der Waals surface area contributed by atoms with E-state index in [2.05, 4.69) is 0 Å². The van der Waals surface area contributed by atoms with Gasteiger partial charge in [-0.15, -0.1) is 0 Å². The molecule has 1 N–H and O–H groups in total. The van der Waals surface area contributed by atoms with Crippen LogP contribution in [0.1, 0.15) is 11.1 Å². The first-order valence-electron chi connectivity index (χ1n) is 4.85. The summed E-state index contributed by atoms with van der Waals surface area (Å²) in [5, 5.41) is 1.89. The lowest BCUT2D eigenvalue weighted by molar-refractivity contribution is -0.186. The third kappa shape index (κ3) is 4.05. The molecule has 94 valence electrons. The lowest BCUT2D eigenvalue weighted by Crippen LogP contribution is -2.40. The summed E-state index contributed by atoms with van der Waals surface area (Å²) in [6.07, 6.45) is -8.63. The second kappa shape index (κ2) is 5.16. The van der Waals surface area contributed by atoms with Gasteiger partial charge in [0.1, 0.15) is 0 Å². The van der Waals surface area contributed by atoms with Crippen LogP contribution in [0.15, 0.2) is 24.3 Å². The van der Waals surface area contributed by atoms with Crippen LogP contribution in [0, 0.1) is 6.92 Å². The number of alkyl halides is 4. The largest absolute Gasteiger partial charge is 0.428 e. The highest BCUT2D eigenvalue weighted by atomic mass is 19.4. The average Bonchev–Trinajstić information content (AvgIpc) is 2.25. The topological polar surface area (TPSA) is 29.1 Å². The van der Waals surface area contributed by atoms with Gasteiger partial charge in [0, 0.05) is 6.54 Å². The third-order valence-corrected chi connectivity index (χ3v) is 2.10. The molecule has 0 aliphatic rings. The number of carbonyl (C=O) groups excluding carboxylic acids is 1. The molecule has 1 aromatic rings. The molecule has 0 saturated heterocycles. The fraction of sp³-hybridized carbons (Fsp3) is 0.364. The van der Waals surface area contributed by atoms with E-state index in [1.54, 1.807) is 24.3 Å². The maximum Gasteiger partial charge on any atom is 0.428 e. The van der Waals surface area contributed by atoms with Crippen LogP contribution in [0.3, 0.4) is 0 Å². The summed E-state index contributed by atoms with van der Waals surface area (Å²) in [5.41, 5.74) is 1.59. The number of nitrogens with one attached hydrogen (secondary N) is 1. The summed E-state index contributed by atoms with van der Waals surface area (Å²) in [6.45, 7) is 1.72. The number of aryl methyl sites for hydroxylation is 1. The van der Waals surface area contributed by atoms with Gasteiger partial charge in [-0.3, -0.25) is 4.79 Å². The Kier molecular flexibility index (Phi) is 4.09. The quantitative estimate of drug-likeness (QED) is 0.819. The summed E-state index contributed by atoms with van der Waals surface area (Å²) >= 11 is 0. The fourth-order valence-electron chi connectivity index (χ4n) is 1.13. The van der Waals surface area contributed by atoms with E-state index in [0.717, 1.165) is 5.56 Å². The predicted molar refractivity (Wildman–Crippen MR) is 54.0 cm³/mol. The van der Waals surface area contributed by atoms with Gasteiger partial charge in [-0.2, -0.15) is 13.2 Å². The predicted octanol–water partition coefficient (Wildman–Crippen LogP) is 2.51. The minimum atomic E-state index is -5.16. The van der Waals surface area contributed by atoms with Crippen LogP contribution in [0.4, 0.5) is 17.6 Å². The number of rotatable bonds is 3. The van der Waals surface area contributed by atoms with Crippen molar-refractivity contribution in [3.8, 4) is 0 Å². The maximum atomic E-state index is 12.5. The summed E-state index contributed by atoms with van der Waals surface area (Å²) in [6, 6.07) is 6.79. The summed E-state index contributed by atoms with van der Waals surface area (Å²) in [5.74, 6) is -1.67. The highest BCUT2D eigenvalue weighted by Gasteiger charge is 2.45. The summed E-state index contributed by atoms with van der Waals surface area (Å²) in [7, 11) is 0. The van der Waals surface area contributed by atoms with Gasteiger partial charge in [0.05, 0.1) is 0 Å². The molecule has 1 rings (SSSR count). The standard InChI is InChI=1S/C11H11F4NO/c1-7-2-4-8(5-3-7)6-16-10(17)9(12)11(13,14)15/h2-5,9H,6H2,1H3,(H,16,17). The van der Waals surface area contributed by atoms with Gasteiger partial charge in [0.15, 0.2) is 0 Å². The number of hydrogen-bond acceptors (Lipinski definition) is 1. The first-order valence-corrected chi connectivity index (χ1v) is 4.85. The molecule has 1 amide bonds. The minimum absolute atomic E-state index is 0.129. The van der Waals surface area contributed by atoms with Crippen LogP contribution in [-0.2, 0) is 11.3 Å². The molecule has 1 aromatic carbocycles. The van der Waals surface area contributed by atoms with Crippen molar-refractivity contribution in [2.75, 3.05) is 0 Å². The second-order valence-corrected chi connectivity index (χ2v) is 3.61. The molecule has 2 nitrogen and oxygen atoms in total. The SMILES string of the molecule is Cc1ccc(CNC(=O)C(F)C(F)(F)F)cc1. The van der Waals surface area contributed by atoms with Crippen LogP contribution in [0.5, 0.6) is 0 Å². The highest BCUT2D eigenvalue weighted by Crippen LogP contribution is 2.22. The normalized spacial score (nSPS) is 13.2. The zero-order chi connectivity index (χ0) is 13.1. The second-order valence-electron chi connectivity index (χ2n) is 3.61. The van der Waals surface area contributed by atoms with Crippen molar-refractivity contribution in [1.29, 1.82) is 0 Å². The smallest absolute Gasteiger partial charge is 0.349 e. The molecular weight excluding hydrogens is 238 g/mol. The van der Waals surface area contributed by atoms with E-state index < -0.39 is 18.3 Å². The molecule has 0 saturated carbocycles. The van der Waals surface area contributed by atoms with Crippen molar-refractivity contribution >= 4 is 5.91 Å². The molecule has 0 aliphatic heterocycles. The van der Waals surface area contributed by atoms with Gasteiger partial charge in [-0.1, -0.05) is 29.8 Å². The number of carbonyl (C=O) groups is 1. The van der Waals surface area contributed by atoms with Gasteiger partial charge < -0.3 is 5.32 Å². The Morgan fingerprint density at radius 3 is 2.29 bits per heavy atom. The summed E-state index contributed by atoms with van der Waals surface area (Å²) < 4.78 is 48.1. The van der Waals surface area contributed by atoms with E-state index in [4.69, 9.17) is 0 Å².